The standard InChI is InChI=1S/C60H76Br2N4O4S4/c1-5-9-13-17-19-23-27-39(25-21-15-11-7-3)37-65-55(51-50(60(65)70)54(64-57(51)67)44-33-35-47(61)73-44)45-32-30-42(72-45)41-29-31-43(71-41)53-49-52(58(68)63-53)56(46-34-36-48(62)74-46)66(59(49)69)38-40(26-22-16-12-8-4)28-24-20-18-14-10-6-2/h29-36,39-40H,5-28,37-38H2,1-4H3,(H,63,68)(H,64,67). The van der Waals surface area contributed by atoms with Crippen LogP contribution in [0.25, 0.3) is 32.5 Å². The number of carbonyl (C=O) groups is 4. The fraction of sp³-hybridized carbons (Fsp3) is 0.533. The number of carbonyl (C=O) groups excluding carboxylic acids is 4. The second-order valence-electron chi connectivity index (χ2n) is 20.8. The molecule has 8 nitrogen and oxygen atoms in total. The Morgan fingerprint density at radius 3 is 1.11 bits per heavy atom. The zero-order chi connectivity index (χ0) is 52.1. The summed E-state index contributed by atoms with van der Waals surface area (Å²) in [7, 11) is 0. The lowest BCUT2D eigenvalue weighted by molar-refractivity contribution is -0.124. The van der Waals surface area contributed by atoms with Gasteiger partial charge in [0.2, 0.25) is 0 Å². The lowest BCUT2D eigenvalue weighted by Crippen LogP contribution is -2.32. The highest BCUT2D eigenvalue weighted by Crippen LogP contribution is 2.50. The van der Waals surface area contributed by atoms with Gasteiger partial charge in [0.1, 0.15) is 0 Å². The van der Waals surface area contributed by atoms with Crippen molar-refractivity contribution in [3.63, 3.8) is 0 Å². The van der Waals surface area contributed by atoms with Crippen molar-refractivity contribution in [1.82, 2.24) is 20.4 Å². The van der Waals surface area contributed by atoms with Crippen LogP contribution in [-0.2, 0) is 19.2 Å². The first-order chi connectivity index (χ1) is 36.1. The van der Waals surface area contributed by atoms with Gasteiger partial charge in [-0.2, -0.15) is 0 Å². The third-order valence-electron chi connectivity index (χ3n) is 15.2. The van der Waals surface area contributed by atoms with Gasteiger partial charge < -0.3 is 20.4 Å². The summed E-state index contributed by atoms with van der Waals surface area (Å²) in [5.74, 6) is -0.0115. The summed E-state index contributed by atoms with van der Waals surface area (Å²) < 4.78 is 1.89. The van der Waals surface area contributed by atoms with Gasteiger partial charge in [-0.25, -0.2) is 0 Å². The molecule has 8 rings (SSSR count). The smallest absolute Gasteiger partial charge is 0.261 e. The number of nitrogens with zero attached hydrogens (tertiary/aromatic N) is 2. The third-order valence-corrected chi connectivity index (χ3v) is 20.8. The van der Waals surface area contributed by atoms with Crippen molar-refractivity contribution in [3.05, 3.63) is 97.9 Å². The van der Waals surface area contributed by atoms with Crippen LogP contribution < -0.4 is 10.6 Å². The minimum atomic E-state index is -0.238. The lowest BCUT2D eigenvalue weighted by atomic mass is 9.93. The zero-order valence-corrected chi connectivity index (χ0v) is 50.5. The van der Waals surface area contributed by atoms with E-state index in [0.29, 0.717) is 64.3 Å². The first kappa shape index (κ1) is 56.8. The van der Waals surface area contributed by atoms with Crippen LogP contribution in [0.4, 0.5) is 0 Å². The molecule has 4 aliphatic rings. The van der Waals surface area contributed by atoms with E-state index in [2.05, 4.69) is 88.4 Å². The number of nitrogens with one attached hydrogen (secondary N) is 2. The van der Waals surface area contributed by atoms with E-state index in [1.54, 1.807) is 34.0 Å². The lowest BCUT2D eigenvalue weighted by Gasteiger charge is -2.27. The second-order valence-corrected chi connectivity index (χ2v) is 27.9. The highest BCUT2D eigenvalue weighted by molar-refractivity contribution is 9.11. The molecule has 2 atom stereocenters. The van der Waals surface area contributed by atoms with Crippen molar-refractivity contribution in [1.29, 1.82) is 0 Å². The number of thiophene rings is 4. The van der Waals surface area contributed by atoms with E-state index in [1.165, 1.54) is 114 Å². The summed E-state index contributed by atoms with van der Waals surface area (Å²) >= 11 is 13.5. The Labute approximate surface area is 473 Å². The molecule has 14 heteroatoms. The molecule has 8 heterocycles. The van der Waals surface area contributed by atoms with Crippen LogP contribution in [0.1, 0.15) is 201 Å². The van der Waals surface area contributed by atoms with Crippen molar-refractivity contribution < 1.29 is 19.2 Å². The average Bonchev–Trinajstić information content (AvgIpc) is 4.28. The van der Waals surface area contributed by atoms with E-state index in [4.69, 9.17) is 0 Å². The highest BCUT2D eigenvalue weighted by atomic mass is 79.9. The van der Waals surface area contributed by atoms with Gasteiger partial charge in [0.15, 0.2) is 0 Å². The SMILES string of the molecule is CCCCCCCCC(CCCCCC)CN1C(=O)C2=C(c3ccc(-c4ccc(C5=C6C(=O)NC(c7ccc(Br)s7)=C6C(=O)N5CC(CCCCCC)CCCCCCCC)s4)s3)NC(=O)C2=C1c1ccc(Br)s1. The number of hydrogen-bond donors (Lipinski definition) is 2. The van der Waals surface area contributed by atoms with E-state index < -0.39 is 0 Å². The van der Waals surface area contributed by atoms with Crippen LogP contribution in [-0.4, -0.2) is 46.5 Å². The van der Waals surface area contributed by atoms with Crippen molar-refractivity contribution in [2.75, 3.05) is 13.1 Å². The molecule has 0 spiro atoms. The topological polar surface area (TPSA) is 98.8 Å². The summed E-state index contributed by atoms with van der Waals surface area (Å²) in [5, 5.41) is 6.28. The van der Waals surface area contributed by atoms with Gasteiger partial charge in [-0.3, -0.25) is 19.2 Å². The van der Waals surface area contributed by atoms with Crippen molar-refractivity contribution >= 4 is 124 Å². The van der Waals surface area contributed by atoms with Gasteiger partial charge in [-0.05, 0) is 118 Å². The fourth-order valence-corrected chi connectivity index (χ4v) is 16.2. The number of rotatable bonds is 33. The van der Waals surface area contributed by atoms with Gasteiger partial charge in [0.25, 0.3) is 23.6 Å². The van der Waals surface area contributed by atoms with E-state index in [9.17, 15) is 14.4 Å². The first-order valence-corrected chi connectivity index (χ1v) is 32.9. The second kappa shape index (κ2) is 27.8. The molecule has 2 unspecified atom stereocenters. The summed E-state index contributed by atoms with van der Waals surface area (Å²) in [6.07, 6.45) is 28.5. The molecular formula is C60H76Br2N4O4S4. The molecule has 0 saturated heterocycles. The van der Waals surface area contributed by atoms with Crippen LogP contribution in [0.3, 0.4) is 0 Å². The Balaban J connectivity index is 1.10. The number of halogens is 2. The van der Waals surface area contributed by atoms with Gasteiger partial charge in [0, 0.05) is 22.8 Å². The molecule has 398 valence electrons. The van der Waals surface area contributed by atoms with Gasteiger partial charge in [0.05, 0.1) is 72.2 Å². The van der Waals surface area contributed by atoms with Crippen LogP contribution in [0, 0.1) is 11.8 Å². The molecule has 74 heavy (non-hydrogen) atoms. The molecule has 0 aromatic carbocycles. The predicted octanol–water partition coefficient (Wildman–Crippen LogP) is 18.0. The monoisotopic (exact) mass is 1200 g/mol. The summed E-state index contributed by atoms with van der Waals surface area (Å²) in [5.41, 5.74) is 4.49. The molecule has 4 aromatic rings. The first-order valence-electron chi connectivity index (χ1n) is 28.0. The quantitative estimate of drug-likeness (QED) is 0.0464. The maximum atomic E-state index is 15.0. The Morgan fingerprint density at radius 2 is 0.703 bits per heavy atom. The molecule has 2 N–H and O–H groups in total. The van der Waals surface area contributed by atoms with Crippen molar-refractivity contribution in [2.45, 2.75) is 182 Å². The summed E-state index contributed by atoms with van der Waals surface area (Å²) in [6.45, 7) is 10.2. The van der Waals surface area contributed by atoms with Crippen LogP contribution in [0.2, 0.25) is 0 Å². The van der Waals surface area contributed by atoms with Gasteiger partial charge >= 0.3 is 0 Å². The molecule has 0 bridgehead atoms. The van der Waals surface area contributed by atoms with E-state index in [-0.39, 0.29) is 23.6 Å². The van der Waals surface area contributed by atoms with Crippen molar-refractivity contribution in [3.8, 4) is 9.75 Å². The third kappa shape index (κ3) is 13.5. The largest absolute Gasteiger partial charge is 0.320 e. The Morgan fingerprint density at radius 1 is 0.392 bits per heavy atom. The molecule has 0 saturated carbocycles. The Kier molecular flexibility index (Phi) is 21.3. The Bertz CT molecular complexity index is 2750. The molecule has 0 fully saturated rings. The van der Waals surface area contributed by atoms with Crippen LogP contribution >= 0.6 is 77.2 Å². The zero-order valence-electron chi connectivity index (χ0n) is 44.1. The van der Waals surface area contributed by atoms with Crippen LogP contribution in [0.15, 0.2) is 78.4 Å². The summed E-state index contributed by atoms with van der Waals surface area (Å²) in [4.78, 5) is 67.8. The molecular weight excluding hydrogens is 1130 g/mol. The summed E-state index contributed by atoms with van der Waals surface area (Å²) in [6, 6.07) is 16.2. The van der Waals surface area contributed by atoms with E-state index >= 15 is 4.79 Å². The molecule has 4 aliphatic heterocycles. The number of hydrogen-bond acceptors (Lipinski definition) is 8. The number of amides is 4. The molecule has 0 aliphatic carbocycles. The van der Waals surface area contributed by atoms with Gasteiger partial charge in [-0.1, -0.05) is 156 Å². The minimum absolute atomic E-state index is 0.102. The predicted molar refractivity (Wildman–Crippen MR) is 320 cm³/mol. The van der Waals surface area contributed by atoms with E-state index in [1.807, 2.05) is 40.1 Å². The van der Waals surface area contributed by atoms with E-state index in [0.717, 1.165) is 93.9 Å². The average molecular weight is 1210 g/mol. The molecule has 4 amide bonds. The fourth-order valence-electron chi connectivity index (χ4n) is 11.2. The normalized spacial score (nSPS) is 16.5. The highest BCUT2D eigenvalue weighted by Gasteiger charge is 2.48. The molecule has 0 radical (unpaired) electrons. The van der Waals surface area contributed by atoms with Crippen LogP contribution in [0.5, 0.6) is 0 Å². The Hall–Kier alpha value is -3.40. The maximum Gasteiger partial charge on any atom is 0.261 e. The molecule has 4 aromatic heterocycles. The number of fused-ring (bicyclic) bond motifs is 2. The number of unbranched alkanes of at least 4 members (excludes halogenated alkanes) is 16. The van der Waals surface area contributed by atoms with Gasteiger partial charge in [-0.15, -0.1) is 45.3 Å². The van der Waals surface area contributed by atoms with Crippen molar-refractivity contribution in [2.24, 2.45) is 11.8 Å². The minimum Gasteiger partial charge on any atom is -0.320 e. The maximum absolute atomic E-state index is 15.0.